The highest BCUT2D eigenvalue weighted by molar-refractivity contribution is 7.91. The highest BCUT2D eigenvalue weighted by atomic mass is 32.2. The fourth-order valence-corrected chi connectivity index (χ4v) is 2.78. The summed E-state index contributed by atoms with van der Waals surface area (Å²) in [6.07, 6.45) is 0. The first-order valence-corrected chi connectivity index (χ1v) is 7.45. The molecule has 1 heterocycles. The molecule has 0 saturated carbocycles. The van der Waals surface area contributed by atoms with Crippen LogP contribution in [-0.4, -0.2) is 13.6 Å². The largest absolute Gasteiger partial charge is 0.361 e. The van der Waals surface area contributed by atoms with Crippen molar-refractivity contribution < 1.29 is 12.9 Å². The van der Waals surface area contributed by atoms with Crippen LogP contribution in [0.5, 0.6) is 0 Å². The molecule has 0 unspecified atom stereocenters. The zero-order valence-electron chi connectivity index (χ0n) is 11.0. The minimum Gasteiger partial charge on any atom is -0.361 e. The van der Waals surface area contributed by atoms with Crippen molar-refractivity contribution in [2.24, 2.45) is 0 Å². The zero-order valence-corrected chi connectivity index (χ0v) is 11.8. The van der Waals surface area contributed by atoms with E-state index in [-0.39, 0.29) is 28.3 Å². The maximum Gasteiger partial charge on any atom is 0.238 e. The van der Waals surface area contributed by atoms with Gasteiger partial charge in [-0.2, -0.15) is 10.5 Å². The molecule has 0 amide bonds. The Bertz CT molecular complexity index is 856. The Kier molecular flexibility index (Phi) is 3.92. The summed E-state index contributed by atoms with van der Waals surface area (Å²) in [4.78, 5) is 0. The second-order valence-electron chi connectivity index (χ2n) is 4.27. The van der Waals surface area contributed by atoms with Gasteiger partial charge in [-0.05, 0) is 25.1 Å². The van der Waals surface area contributed by atoms with Crippen molar-refractivity contribution >= 4 is 15.7 Å². The molecule has 7 nitrogen and oxygen atoms in total. The number of nitriles is 2. The molecule has 8 heteroatoms. The summed E-state index contributed by atoms with van der Waals surface area (Å²) in [5.74, 6) is 0.178. The van der Waals surface area contributed by atoms with Crippen molar-refractivity contribution in [3.8, 4) is 12.1 Å². The van der Waals surface area contributed by atoms with E-state index in [0.717, 1.165) is 0 Å². The molecule has 106 valence electrons. The summed E-state index contributed by atoms with van der Waals surface area (Å²) < 4.78 is 31.1. The van der Waals surface area contributed by atoms with Gasteiger partial charge in [0.15, 0.2) is 0 Å². The fraction of sp³-hybridized carbons (Fsp3) is 0.154. The number of hydrogen-bond donors (Lipinski definition) is 1. The number of nitrogens with zero attached hydrogens (tertiary/aromatic N) is 3. The monoisotopic (exact) mass is 302 g/mol. The van der Waals surface area contributed by atoms with Crippen LogP contribution < -0.4 is 4.72 Å². The average Bonchev–Trinajstić information content (AvgIpc) is 2.82. The number of nitrogens with one attached hydrogen (secondary N) is 1. The summed E-state index contributed by atoms with van der Waals surface area (Å²) in [5, 5.41) is 21.3. The molecule has 0 aliphatic carbocycles. The van der Waals surface area contributed by atoms with Crippen molar-refractivity contribution in [2.75, 3.05) is 4.72 Å². The fourth-order valence-electron chi connectivity index (χ4n) is 1.69. The maximum absolute atomic E-state index is 12.0. The number of sulfonamides is 1. The molecule has 0 bridgehead atoms. The number of rotatable bonds is 4. The van der Waals surface area contributed by atoms with Gasteiger partial charge in [0.25, 0.3) is 0 Å². The highest BCUT2D eigenvalue weighted by Gasteiger charge is 2.15. The minimum absolute atomic E-state index is 0.106. The molecule has 2 rings (SSSR count). The van der Waals surface area contributed by atoms with Gasteiger partial charge in [0.2, 0.25) is 10.0 Å². The first kappa shape index (κ1) is 14.6. The Morgan fingerprint density at radius 2 is 1.95 bits per heavy atom. The predicted octanol–water partition coefficient (Wildman–Crippen LogP) is 1.67. The van der Waals surface area contributed by atoms with Gasteiger partial charge in [-0.25, -0.2) is 8.42 Å². The molecule has 1 aromatic heterocycles. The van der Waals surface area contributed by atoms with Crippen molar-refractivity contribution in [2.45, 2.75) is 12.7 Å². The Morgan fingerprint density at radius 1 is 1.24 bits per heavy atom. The van der Waals surface area contributed by atoms with Gasteiger partial charge in [-0.1, -0.05) is 5.16 Å². The van der Waals surface area contributed by atoms with E-state index >= 15 is 0 Å². The lowest BCUT2D eigenvalue weighted by molar-refractivity contribution is 0.392. The molecule has 1 aromatic carbocycles. The SMILES string of the molecule is Cc1cc(CS(=O)(=O)Nc2ccc(C#N)c(C#N)c2)no1. The van der Waals surface area contributed by atoms with E-state index in [1.165, 1.54) is 24.3 Å². The van der Waals surface area contributed by atoms with Gasteiger partial charge in [-0.3, -0.25) is 4.72 Å². The van der Waals surface area contributed by atoms with Crippen LogP contribution in [0.15, 0.2) is 28.8 Å². The molecule has 21 heavy (non-hydrogen) atoms. The first-order valence-electron chi connectivity index (χ1n) is 5.80. The van der Waals surface area contributed by atoms with E-state index in [2.05, 4.69) is 9.88 Å². The van der Waals surface area contributed by atoms with Crippen LogP contribution in [0.25, 0.3) is 0 Å². The predicted molar refractivity (Wildman–Crippen MR) is 73.4 cm³/mol. The van der Waals surface area contributed by atoms with Gasteiger partial charge in [0, 0.05) is 11.8 Å². The van der Waals surface area contributed by atoms with Crippen molar-refractivity contribution in [3.05, 3.63) is 46.8 Å². The van der Waals surface area contributed by atoms with Crippen LogP contribution in [0.1, 0.15) is 22.6 Å². The Hall–Kier alpha value is -2.84. The van der Waals surface area contributed by atoms with Gasteiger partial charge < -0.3 is 4.52 Å². The topological polar surface area (TPSA) is 120 Å². The standard InChI is InChI=1S/C13H10N4O3S/c1-9-4-13(16-20-9)8-21(18,19)17-12-3-2-10(6-14)11(5-12)7-15/h2-5,17H,8H2,1H3. The molecule has 1 N–H and O–H groups in total. The van der Waals surface area contributed by atoms with Gasteiger partial charge in [0.1, 0.15) is 29.3 Å². The van der Waals surface area contributed by atoms with Crippen LogP contribution in [0, 0.1) is 29.6 Å². The van der Waals surface area contributed by atoms with E-state index in [1.807, 2.05) is 12.1 Å². The molecule has 2 aromatic rings. The van der Waals surface area contributed by atoms with Crippen LogP contribution in [0.2, 0.25) is 0 Å². The molecule has 0 atom stereocenters. The van der Waals surface area contributed by atoms with E-state index in [4.69, 9.17) is 15.0 Å². The molecular weight excluding hydrogens is 292 g/mol. The molecule has 0 fully saturated rings. The molecular formula is C13H10N4O3S. The molecule has 0 aliphatic rings. The Balaban J connectivity index is 2.21. The van der Waals surface area contributed by atoms with Gasteiger partial charge >= 0.3 is 0 Å². The average molecular weight is 302 g/mol. The lowest BCUT2D eigenvalue weighted by Gasteiger charge is -2.07. The van der Waals surface area contributed by atoms with Crippen LogP contribution >= 0.6 is 0 Å². The molecule has 0 radical (unpaired) electrons. The first-order chi connectivity index (χ1) is 9.93. The van der Waals surface area contributed by atoms with E-state index in [0.29, 0.717) is 5.76 Å². The second-order valence-corrected chi connectivity index (χ2v) is 6.00. The quantitative estimate of drug-likeness (QED) is 0.917. The lowest BCUT2D eigenvalue weighted by Crippen LogP contribution is -2.15. The Morgan fingerprint density at radius 3 is 2.52 bits per heavy atom. The van der Waals surface area contributed by atoms with Gasteiger partial charge in [0.05, 0.1) is 11.1 Å². The molecule has 0 saturated heterocycles. The van der Waals surface area contributed by atoms with Crippen molar-refractivity contribution in [1.29, 1.82) is 10.5 Å². The maximum atomic E-state index is 12.0. The number of hydrogen-bond acceptors (Lipinski definition) is 6. The van der Waals surface area contributed by atoms with E-state index in [9.17, 15) is 8.42 Å². The van der Waals surface area contributed by atoms with Gasteiger partial charge in [-0.15, -0.1) is 0 Å². The minimum atomic E-state index is -3.68. The third-order valence-corrected chi connectivity index (χ3v) is 3.77. The van der Waals surface area contributed by atoms with Crippen molar-refractivity contribution in [3.63, 3.8) is 0 Å². The summed E-state index contributed by atoms with van der Waals surface area (Å²) in [6.45, 7) is 1.66. The summed E-state index contributed by atoms with van der Waals surface area (Å²) >= 11 is 0. The lowest BCUT2D eigenvalue weighted by atomic mass is 10.1. The third-order valence-electron chi connectivity index (χ3n) is 2.55. The van der Waals surface area contributed by atoms with Crippen LogP contribution in [0.4, 0.5) is 5.69 Å². The number of aromatic nitrogens is 1. The highest BCUT2D eigenvalue weighted by Crippen LogP contribution is 2.17. The second kappa shape index (κ2) is 5.65. The molecule has 0 spiro atoms. The Labute approximate surface area is 121 Å². The molecule has 0 aliphatic heterocycles. The normalized spacial score (nSPS) is 10.6. The van der Waals surface area contributed by atoms with Crippen molar-refractivity contribution in [1.82, 2.24) is 5.16 Å². The van der Waals surface area contributed by atoms with Crippen LogP contribution in [0.3, 0.4) is 0 Å². The summed E-state index contributed by atoms with van der Waals surface area (Å²) in [6, 6.07) is 9.34. The third kappa shape index (κ3) is 3.59. The zero-order chi connectivity index (χ0) is 15.5. The number of benzene rings is 1. The van der Waals surface area contributed by atoms with Crippen LogP contribution in [-0.2, 0) is 15.8 Å². The number of anilines is 1. The summed E-state index contributed by atoms with van der Waals surface area (Å²) in [7, 11) is -3.68. The number of aryl methyl sites for hydroxylation is 1. The summed E-state index contributed by atoms with van der Waals surface area (Å²) in [5.41, 5.74) is 0.794. The smallest absolute Gasteiger partial charge is 0.238 e. The van der Waals surface area contributed by atoms with E-state index in [1.54, 1.807) is 6.92 Å². The van der Waals surface area contributed by atoms with E-state index < -0.39 is 10.0 Å².